The van der Waals surface area contributed by atoms with Crippen molar-refractivity contribution >= 4 is 29.9 Å². The highest BCUT2D eigenvalue weighted by Crippen LogP contribution is 2.26. The molecule has 2 rings (SSSR count). The summed E-state index contributed by atoms with van der Waals surface area (Å²) in [7, 11) is 1.66. The zero-order chi connectivity index (χ0) is 18.1. The highest BCUT2D eigenvalue weighted by molar-refractivity contribution is 7.98. The van der Waals surface area contributed by atoms with Gasteiger partial charge in [0.15, 0.2) is 0 Å². The Hall–Kier alpha value is -2.34. The van der Waals surface area contributed by atoms with Crippen LogP contribution < -0.4 is 5.32 Å². The van der Waals surface area contributed by atoms with E-state index < -0.39 is 0 Å². The van der Waals surface area contributed by atoms with Crippen molar-refractivity contribution < 1.29 is 9.53 Å². The Morgan fingerprint density at radius 2 is 2.08 bits per heavy atom. The van der Waals surface area contributed by atoms with Gasteiger partial charge < -0.3 is 10.1 Å². The Morgan fingerprint density at radius 3 is 2.72 bits per heavy atom. The lowest BCUT2D eigenvalue weighted by molar-refractivity contribution is 0.0527. The standard InChI is InChI=1S/C19H23N3O2S/c1-4-24-19(23)15-12-17(25-3)16(22-18(15)21-13-20-2)11-10-14-8-6-5-7-9-14/h5-9,12-13H,4,10-11H2,1-3H3,(H,20,21,22). The second kappa shape index (κ2) is 9.84. The number of benzene rings is 1. The summed E-state index contributed by atoms with van der Waals surface area (Å²) in [4.78, 5) is 21.8. The number of anilines is 1. The number of esters is 1. The van der Waals surface area contributed by atoms with Gasteiger partial charge in [-0.25, -0.2) is 9.78 Å². The zero-order valence-corrected chi connectivity index (χ0v) is 15.6. The van der Waals surface area contributed by atoms with Crippen LogP contribution in [0.5, 0.6) is 0 Å². The van der Waals surface area contributed by atoms with E-state index in [4.69, 9.17) is 4.74 Å². The smallest absolute Gasteiger partial charge is 0.341 e. The number of aryl methyl sites for hydroxylation is 2. The fraction of sp³-hybridized carbons (Fsp3) is 0.316. The van der Waals surface area contributed by atoms with Gasteiger partial charge >= 0.3 is 5.97 Å². The Morgan fingerprint density at radius 1 is 1.32 bits per heavy atom. The van der Waals surface area contributed by atoms with Gasteiger partial charge in [-0.05, 0) is 37.7 Å². The third-order valence-corrected chi connectivity index (χ3v) is 4.39. The zero-order valence-electron chi connectivity index (χ0n) is 14.8. The van der Waals surface area contributed by atoms with E-state index in [9.17, 15) is 4.79 Å². The molecule has 0 fully saturated rings. The number of carbonyl (C=O) groups is 1. The molecule has 1 heterocycles. The number of hydrogen-bond donors (Lipinski definition) is 1. The molecular formula is C19H23N3O2S. The van der Waals surface area contributed by atoms with E-state index in [1.165, 1.54) is 11.9 Å². The molecule has 0 saturated heterocycles. The van der Waals surface area contributed by atoms with Crippen molar-refractivity contribution in [2.24, 2.45) is 4.99 Å². The highest BCUT2D eigenvalue weighted by Gasteiger charge is 2.18. The molecule has 132 valence electrons. The molecule has 0 aliphatic carbocycles. The minimum atomic E-state index is -0.382. The lowest BCUT2D eigenvalue weighted by Crippen LogP contribution is -2.13. The molecule has 2 aromatic rings. The predicted molar refractivity (Wildman–Crippen MR) is 104 cm³/mol. The number of hydrogen-bond acceptors (Lipinski definition) is 5. The van der Waals surface area contributed by atoms with E-state index in [-0.39, 0.29) is 5.97 Å². The Kier molecular flexibility index (Phi) is 7.47. The fourth-order valence-electron chi connectivity index (χ4n) is 2.40. The summed E-state index contributed by atoms with van der Waals surface area (Å²) in [6.45, 7) is 2.11. The van der Waals surface area contributed by atoms with Gasteiger partial charge in [-0.1, -0.05) is 30.3 Å². The number of nitrogens with one attached hydrogen (secondary N) is 1. The maximum Gasteiger partial charge on any atom is 0.341 e. The van der Waals surface area contributed by atoms with Crippen LogP contribution in [0.2, 0.25) is 0 Å². The van der Waals surface area contributed by atoms with Crippen LogP contribution in [0.3, 0.4) is 0 Å². The average molecular weight is 357 g/mol. The first-order valence-electron chi connectivity index (χ1n) is 8.15. The molecular weight excluding hydrogens is 334 g/mol. The number of aromatic nitrogens is 1. The number of nitrogens with zero attached hydrogens (tertiary/aromatic N) is 2. The lowest BCUT2D eigenvalue weighted by Gasteiger charge is -2.13. The van der Waals surface area contributed by atoms with E-state index in [0.717, 1.165) is 23.4 Å². The summed E-state index contributed by atoms with van der Waals surface area (Å²) in [6.07, 6.45) is 5.19. The van der Waals surface area contributed by atoms with Crippen LogP contribution in [-0.2, 0) is 17.6 Å². The monoisotopic (exact) mass is 357 g/mol. The number of pyridine rings is 1. The summed E-state index contributed by atoms with van der Waals surface area (Å²) in [5.74, 6) is 0.0943. The summed E-state index contributed by atoms with van der Waals surface area (Å²) in [5.41, 5.74) is 2.64. The Balaban J connectivity index is 2.32. The van der Waals surface area contributed by atoms with Gasteiger partial charge in [-0.3, -0.25) is 4.99 Å². The molecule has 0 amide bonds. The maximum atomic E-state index is 12.2. The number of carbonyl (C=O) groups excluding carboxylic acids is 1. The van der Waals surface area contributed by atoms with Gasteiger partial charge in [0.2, 0.25) is 0 Å². The second-order valence-corrected chi connectivity index (χ2v) is 6.12. The molecule has 6 heteroatoms. The van der Waals surface area contributed by atoms with Crippen molar-refractivity contribution in [2.45, 2.75) is 24.7 Å². The minimum absolute atomic E-state index is 0.324. The largest absolute Gasteiger partial charge is 0.462 e. The summed E-state index contributed by atoms with van der Waals surface area (Å²) >= 11 is 1.58. The van der Waals surface area contributed by atoms with Crippen molar-refractivity contribution in [3.63, 3.8) is 0 Å². The highest BCUT2D eigenvalue weighted by atomic mass is 32.2. The van der Waals surface area contributed by atoms with Crippen LogP contribution >= 0.6 is 11.8 Å². The topological polar surface area (TPSA) is 63.6 Å². The third kappa shape index (κ3) is 5.32. The first kappa shape index (κ1) is 19.0. The Bertz CT molecular complexity index is 733. The lowest BCUT2D eigenvalue weighted by atomic mass is 10.1. The molecule has 0 aliphatic rings. The van der Waals surface area contributed by atoms with Gasteiger partial charge in [-0.2, -0.15) is 0 Å². The van der Waals surface area contributed by atoms with Crippen LogP contribution in [0.15, 0.2) is 46.3 Å². The second-order valence-electron chi connectivity index (χ2n) is 5.27. The van der Waals surface area contributed by atoms with E-state index in [2.05, 4.69) is 27.4 Å². The van der Waals surface area contributed by atoms with E-state index in [1.54, 1.807) is 25.7 Å². The summed E-state index contributed by atoms with van der Waals surface area (Å²) in [6, 6.07) is 12.1. The summed E-state index contributed by atoms with van der Waals surface area (Å²) < 4.78 is 5.14. The average Bonchev–Trinajstić information content (AvgIpc) is 2.65. The van der Waals surface area contributed by atoms with Crippen LogP contribution in [0.1, 0.15) is 28.5 Å². The number of rotatable bonds is 8. The van der Waals surface area contributed by atoms with E-state index in [0.29, 0.717) is 18.0 Å². The minimum Gasteiger partial charge on any atom is -0.462 e. The number of thioether (sulfide) groups is 1. The molecule has 0 radical (unpaired) electrons. The van der Waals surface area contributed by atoms with E-state index in [1.807, 2.05) is 30.5 Å². The quantitative estimate of drug-likeness (QED) is 0.337. The maximum absolute atomic E-state index is 12.2. The number of ether oxygens (including phenoxy) is 1. The van der Waals surface area contributed by atoms with Gasteiger partial charge in [0.1, 0.15) is 11.4 Å². The molecule has 0 atom stereocenters. The molecule has 25 heavy (non-hydrogen) atoms. The molecule has 1 aromatic carbocycles. The van der Waals surface area contributed by atoms with Gasteiger partial charge in [0.25, 0.3) is 0 Å². The van der Waals surface area contributed by atoms with Crippen LogP contribution in [0.4, 0.5) is 5.82 Å². The van der Waals surface area contributed by atoms with Crippen molar-refractivity contribution in [2.75, 3.05) is 25.2 Å². The van der Waals surface area contributed by atoms with Crippen LogP contribution in [0.25, 0.3) is 0 Å². The Labute approximate surface area is 152 Å². The van der Waals surface area contributed by atoms with Crippen molar-refractivity contribution in [1.29, 1.82) is 0 Å². The summed E-state index contributed by atoms with van der Waals surface area (Å²) in [5, 5.41) is 2.98. The first-order chi connectivity index (χ1) is 12.2. The van der Waals surface area contributed by atoms with Crippen LogP contribution in [-0.4, -0.2) is 37.2 Å². The normalized spacial score (nSPS) is 10.8. The fourth-order valence-corrected chi connectivity index (χ4v) is 3.02. The van der Waals surface area contributed by atoms with Crippen molar-refractivity contribution in [1.82, 2.24) is 4.98 Å². The van der Waals surface area contributed by atoms with Crippen molar-refractivity contribution in [3.8, 4) is 0 Å². The van der Waals surface area contributed by atoms with Crippen LogP contribution in [0, 0.1) is 0 Å². The molecule has 0 spiro atoms. The first-order valence-corrected chi connectivity index (χ1v) is 9.38. The predicted octanol–water partition coefficient (Wildman–Crippen LogP) is 3.84. The third-order valence-electron chi connectivity index (χ3n) is 3.60. The van der Waals surface area contributed by atoms with Crippen molar-refractivity contribution in [3.05, 3.63) is 53.2 Å². The van der Waals surface area contributed by atoms with E-state index >= 15 is 0 Å². The molecule has 5 nitrogen and oxygen atoms in total. The number of aliphatic imine (C=N–C) groups is 1. The van der Waals surface area contributed by atoms with Gasteiger partial charge in [0, 0.05) is 11.9 Å². The molecule has 0 aliphatic heterocycles. The van der Waals surface area contributed by atoms with Gasteiger partial charge in [-0.15, -0.1) is 11.8 Å². The molecule has 0 saturated carbocycles. The molecule has 0 unspecified atom stereocenters. The molecule has 0 bridgehead atoms. The SMILES string of the molecule is CCOC(=O)c1cc(SC)c(CCc2ccccc2)nc1NC=NC. The molecule has 1 aromatic heterocycles. The van der Waals surface area contributed by atoms with Gasteiger partial charge in [0.05, 0.1) is 18.6 Å². The molecule has 1 N–H and O–H groups in total.